The van der Waals surface area contributed by atoms with Gasteiger partial charge in [0.1, 0.15) is 0 Å². The van der Waals surface area contributed by atoms with Gasteiger partial charge in [-0.1, -0.05) is 0 Å². The van der Waals surface area contributed by atoms with Gasteiger partial charge in [0.15, 0.2) is 6.35 Å². The Morgan fingerprint density at radius 3 is 1.83 bits per heavy atom. The van der Waals surface area contributed by atoms with Gasteiger partial charge in [0.25, 0.3) is 0 Å². The van der Waals surface area contributed by atoms with Crippen LogP contribution in [0.5, 0.6) is 0 Å². The van der Waals surface area contributed by atoms with Crippen LogP contribution in [-0.4, -0.2) is 47.9 Å². The summed E-state index contributed by atoms with van der Waals surface area (Å²) in [5.41, 5.74) is 0. The highest BCUT2D eigenvalue weighted by Crippen LogP contribution is 2.17. The summed E-state index contributed by atoms with van der Waals surface area (Å²) in [4.78, 5) is 4.54. The average molecular weight is 255 g/mol. The Morgan fingerprint density at radius 1 is 1.00 bits per heavy atom. The minimum Gasteiger partial charge on any atom is -0.348 e. The van der Waals surface area contributed by atoms with E-state index < -0.39 is 0 Å². The van der Waals surface area contributed by atoms with Gasteiger partial charge in [0.05, 0.1) is 19.1 Å². The molecular weight excluding hydrogens is 226 g/mol. The van der Waals surface area contributed by atoms with Crippen LogP contribution >= 0.6 is 0 Å². The minimum atomic E-state index is -0.0710. The fraction of sp³-hybridized carbons (Fsp3) is 0.929. The van der Waals surface area contributed by atoms with E-state index in [0.29, 0.717) is 31.2 Å². The molecule has 0 rings (SSSR count). The number of hydrogen-bond acceptors (Lipinski definition) is 4. The second-order valence-electron chi connectivity index (χ2n) is 5.50. The molecule has 0 spiro atoms. The van der Waals surface area contributed by atoms with Gasteiger partial charge in [0.2, 0.25) is 0 Å². The quantitative estimate of drug-likeness (QED) is 0.494. The predicted molar refractivity (Wildman–Crippen MR) is 75.0 cm³/mol. The third-order valence-corrected chi connectivity index (χ3v) is 3.09. The van der Waals surface area contributed by atoms with Crippen LogP contribution in [-0.2, 0) is 4.74 Å². The second-order valence-corrected chi connectivity index (χ2v) is 5.50. The van der Waals surface area contributed by atoms with Crippen molar-refractivity contribution in [3.8, 4) is 6.07 Å². The van der Waals surface area contributed by atoms with Crippen molar-refractivity contribution >= 4 is 0 Å². The van der Waals surface area contributed by atoms with E-state index in [2.05, 4.69) is 64.5 Å². The Hall–Kier alpha value is -0.630. The fourth-order valence-corrected chi connectivity index (χ4v) is 1.99. The lowest BCUT2D eigenvalue weighted by Crippen LogP contribution is -2.56. The molecule has 0 aliphatic carbocycles. The molecule has 4 heteroatoms. The van der Waals surface area contributed by atoms with E-state index in [4.69, 9.17) is 10.00 Å². The Bertz CT molecular complexity index is 250. The van der Waals surface area contributed by atoms with Crippen LogP contribution in [0.4, 0.5) is 0 Å². The first-order valence-corrected chi connectivity index (χ1v) is 6.80. The smallest absolute Gasteiger partial charge is 0.168 e. The number of rotatable bonds is 8. The van der Waals surface area contributed by atoms with Crippen LogP contribution in [0.3, 0.4) is 0 Å². The summed E-state index contributed by atoms with van der Waals surface area (Å²) in [6, 6.07) is 3.33. The summed E-state index contributed by atoms with van der Waals surface area (Å²) >= 11 is 0. The van der Waals surface area contributed by atoms with Gasteiger partial charge in [-0.15, -0.1) is 0 Å². The van der Waals surface area contributed by atoms with Crippen molar-refractivity contribution in [1.29, 1.82) is 5.26 Å². The number of nitrogens with zero attached hydrogens (tertiary/aromatic N) is 3. The van der Waals surface area contributed by atoms with Gasteiger partial charge >= 0.3 is 0 Å². The highest BCUT2D eigenvalue weighted by Gasteiger charge is 2.29. The van der Waals surface area contributed by atoms with Gasteiger partial charge in [-0.3, -0.25) is 9.80 Å². The maximum Gasteiger partial charge on any atom is 0.168 e. The first kappa shape index (κ1) is 17.4. The molecule has 0 heterocycles. The van der Waals surface area contributed by atoms with E-state index in [9.17, 15) is 0 Å². The normalized spacial score (nSPS) is 13.9. The first-order chi connectivity index (χ1) is 8.32. The summed E-state index contributed by atoms with van der Waals surface area (Å²) in [6.07, 6.45) is 0.366. The van der Waals surface area contributed by atoms with Gasteiger partial charge in [0, 0.05) is 18.1 Å². The number of hydrogen-bond donors (Lipinski definition) is 0. The minimum absolute atomic E-state index is 0.0710. The molecule has 0 aromatic heterocycles. The molecular formula is C14H29N3O. The third-order valence-electron chi connectivity index (χ3n) is 3.09. The summed E-state index contributed by atoms with van der Waals surface area (Å²) in [5.74, 6) is 0. The first-order valence-electron chi connectivity index (χ1n) is 6.80. The molecule has 0 fully saturated rings. The van der Waals surface area contributed by atoms with Crippen LogP contribution < -0.4 is 0 Å². The molecule has 1 unspecified atom stereocenters. The van der Waals surface area contributed by atoms with Crippen molar-refractivity contribution in [3.63, 3.8) is 0 Å². The maximum absolute atomic E-state index is 8.63. The summed E-state index contributed by atoms with van der Waals surface area (Å²) in [5, 5.41) is 8.63. The zero-order valence-corrected chi connectivity index (χ0v) is 13.0. The van der Waals surface area contributed by atoms with Gasteiger partial charge < -0.3 is 4.74 Å². The molecule has 0 amide bonds. The van der Waals surface area contributed by atoms with Crippen molar-refractivity contribution in [2.75, 3.05) is 13.7 Å². The van der Waals surface area contributed by atoms with Crippen molar-refractivity contribution in [1.82, 2.24) is 9.80 Å². The molecule has 0 aromatic rings. The van der Waals surface area contributed by atoms with E-state index in [0.717, 1.165) is 0 Å². The van der Waals surface area contributed by atoms with Crippen LogP contribution in [0.25, 0.3) is 0 Å². The fourth-order valence-electron chi connectivity index (χ4n) is 1.99. The zero-order chi connectivity index (χ0) is 14.3. The van der Waals surface area contributed by atoms with Crippen molar-refractivity contribution in [2.24, 2.45) is 0 Å². The second kappa shape index (κ2) is 8.47. The van der Waals surface area contributed by atoms with Gasteiger partial charge in [-0.05, 0) is 48.6 Å². The van der Waals surface area contributed by atoms with Crippen LogP contribution in [0.15, 0.2) is 0 Å². The topological polar surface area (TPSA) is 39.5 Å². The molecule has 0 bridgehead atoms. The third kappa shape index (κ3) is 5.34. The molecule has 0 aliphatic heterocycles. The van der Waals surface area contributed by atoms with E-state index in [1.165, 1.54) is 0 Å². The predicted octanol–water partition coefficient (Wildman–Crippen LogP) is 2.66. The van der Waals surface area contributed by atoms with Crippen LogP contribution in [0.2, 0.25) is 0 Å². The standard InChI is InChI=1S/C14H29N3O/c1-11(2)16(7)14(18-10-8-9-15)17(12(3)4)13(5)6/h11-14H,8,10H2,1-7H3. The number of nitriles is 1. The molecule has 0 saturated carbocycles. The van der Waals surface area contributed by atoms with E-state index in [1.807, 2.05) is 0 Å². The Kier molecular flexibility index (Phi) is 8.17. The summed E-state index contributed by atoms with van der Waals surface area (Å²) in [6.45, 7) is 13.5. The largest absolute Gasteiger partial charge is 0.348 e. The average Bonchev–Trinajstić information content (AvgIpc) is 2.25. The van der Waals surface area contributed by atoms with Crippen molar-refractivity contribution in [3.05, 3.63) is 0 Å². The summed E-state index contributed by atoms with van der Waals surface area (Å²) in [7, 11) is 2.07. The Labute approximate surface area is 113 Å². The molecule has 4 nitrogen and oxygen atoms in total. The van der Waals surface area contributed by atoms with E-state index >= 15 is 0 Å². The molecule has 0 aliphatic rings. The van der Waals surface area contributed by atoms with E-state index in [1.54, 1.807) is 0 Å². The van der Waals surface area contributed by atoms with Crippen molar-refractivity contribution in [2.45, 2.75) is 72.4 Å². The molecule has 0 N–H and O–H groups in total. The monoisotopic (exact) mass is 255 g/mol. The SMILES string of the molecule is CC(C)N(C)C(OCCC#N)N(C(C)C)C(C)C. The number of ether oxygens (including phenoxy) is 1. The lowest BCUT2D eigenvalue weighted by molar-refractivity contribution is -0.174. The van der Waals surface area contributed by atoms with E-state index in [-0.39, 0.29) is 6.35 Å². The van der Waals surface area contributed by atoms with Gasteiger partial charge in [-0.2, -0.15) is 5.26 Å². The Morgan fingerprint density at radius 2 is 1.50 bits per heavy atom. The molecule has 1 atom stereocenters. The lowest BCUT2D eigenvalue weighted by Gasteiger charge is -2.43. The van der Waals surface area contributed by atoms with Crippen molar-refractivity contribution < 1.29 is 4.74 Å². The zero-order valence-electron chi connectivity index (χ0n) is 13.0. The lowest BCUT2D eigenvalue weighted by atomic mass is 10.2. The van der Waals surface area contributed by atoms with Crippen LogP contribution in [0, 0.1) is 11.3 Å². The molecule has 0 aromatic carbocycles. The highest BCUT2D eigenvalue weighted by atomic mass is 16.5. The summed E-state index contributed by atoms with van der Waals surface area (Å²) < 4.78 is 5.92. The molecule has 0 saturated heterocycles. The van der Waals surface area contributed by atoms with Gasteiger partial charge in [-0.25, -0.2) is 0 Å². The Balaban J connectivity index is 4.86. The molecule has 18 heavy (non-hydrogen) atoms. The highest BCUT2D eigenvalue weighted by molar-refractivity contribution is 4.75. The molecule has 106 valence electrons. The van der Waals surface area contributed by atoms with Crippen LogP contribution in [0.1, 0.15) is 48.0 Å². The molecule has 0 radical (unpaired) electrons. The maximum atomic E-state index is 8.63.